The highest BCUT2D eigenvalue weighted by Gasteiger charge is 2.10. The van der Waals surface area contributed by atoms with Gasteiger partial charge in [0.2, 0.25) is 0 Å². The number of hydrogen-bond acceptors (Lipinski definition) is 4. The van der Waals surface area contributed by atoms with Gasteiger partial charge >= 0.3 is 0 Å². The number of benzene rings is 2. The zero-order valence-corrected chi connectivity index (χ0v) is 16.1. The van der Waals surface area contributed by atoms with Crippen LogP contribution in [0.3, 0.4) is 0 Å². The highest BCUT2D eigenvalue weighted by Crippen LogP contribution is 2.23. The number of amides is 1. The molecule has 5 nitrogen and oxygen atoms in total. The normalized spacial score (nSPS) is 11.9. The summed E-state index contributed by atoms with van der Waals surface area (Å²) >= 11 is 1.43. The van der Waals surface area contributed by atoms with E-state index in [-0.39, 0.29) is 18.1 Å². The standard InChI is InChI=1S/C20H21FN2O3S/c1-3-26-11-10-23-17-9-8-16(25-2)13-18(17)27-20(23)22-19(24)12-14-4-6-15(21)7-5-14/h4-9,13H,3,10-12H2,1-2H3. The molecule has 1 amide bonds. The van der Waals surface area contributed by atoms with Crippen LogP contribution in [-0.2, 0) is 22.5 Å². The molecule has 0 saturated carbocycles. The molecule has 142 valence electrons. The lowest BCUT2D eigenvalue weighted by atomic mass is 10.1. The third-order valence-corrected chi connectivity index (χ3v) is 5.08. The Morgan fingerprint density at radius 3 is 2.70 bits per heavy atom. The molecule has 0 N–H and O–H groups in total. The van der Waals surface area contributed by atoms with Crippen LogP contribution in [-0.4, -0.2) is 30.8 Å². The van der Waals surface area contributed by atoms with Gasteiger partial charge in [0.25, 0.3) is 5.91 Å². The van der Waals surface area contributed by atoms with Gasteiger partial charge in [-0.05, 0) is 42.8 Å². The third kappa shape index (κ3) is 4.81. The molecular weight excluding hydrogens is 367 g/mol. The topological polar surface area (TPSA) is 52.8 Å². The minimum Gasteiger partial charge on any atom is -0.497 e. The summed E-state index contributed by atoms with van der Waals surface area (Å²) in [4.78, 5) is 17.3. The number of carbonyl (C=O) groups excluding carboxylic acids is 1. The molecule has 1 heterocycles. The quantitative estimate of drug-likeness (QED) is 0.582. The summed E-state index contributed by atoms with van der Waals surface area (Å²) in [5.41, 5.74) is 1.71. The molecule has 0 saturated heterocycles. The van der Waals surface area contributed by atoms with Crippen molar-refractivity contribution in [2.24, 2.45) is 4.99 Å². The molecule has 2 aromatic carbocycles. The lowest BCUT2D eigenvalue weighted by Gasteiger charge is -2.06. The largest absolute Gasteiger partial charge is 0.497 e. The summed E-state index contributed by atoms with van der Waals surface area (Å²) in [6.07, 6.45) is 0.128. The van der Waals surface area contributed by atoms with E-state index in [1.165, 1.54) is 23.5 Å². The number of methoxy groups -OCH3 is 1. The van der Waals surface area contributed by atoms with Gasteiger partial charge in [-0.3, -0.25) is 4.79 Å². The number of ether oxygens (including phenoxy) is 2. The molecular formula is C20H21FN2O3S. The molecule has 0 unspecified atom stereocenters. The SMILES string of the molecule is CCOCCn1c(=NC(=O)Cc2ccc(F)cc2)sc2cc(OC)ccc21. The second-order valence-electron chi connectivity index (χ2n) is 5.88. The zero-order chi connectivity index (χ0) is 19.2. The average Bonchev–Trinajstić information content (AvgIpc) is 3.00. The minimum absolute atomic E-state index is 0.128. The summed E-state index contributed by atoms with van der Waals surface area (Å²) in [6, 6.07) is 11.7. The fraction of sp³-hybridized carbons (Fsp3) is 0.300. The molecule has 3 aromatic rings. The molecule has 1 aromatic heterocycles. The molecule has 3 rings (SSSR count). The molecule has 0 aliphatic rings. The predicted molar refractivity (Wildman–Crippen MR) is 104 cm³/mol. The maximum absolute atomic E-state index is 13.0. The number of fused-ring (bicyclic) bond motifs is 1. The minimum atomic E-state index is -0.324. The van der Waals surface area contributed by atoms with Gasteiger partial charge in [0, 0.05) is 13.2 Å². The Hall–Kier alpha value is -2.51. The number of halogens is 1. The number of nitrogens with zero attached hydrogens (tertiary/aromatic N) is 2. The van der Waals surface area contributed by atoms with Crippen LogP contribution in [0.4, 0.5) is 4.39 Å². The van der Waals surface area contributed by atoms with Gasteiger partial charge in [0.15, 0.2) is 4.80 Å². The monoisotopic (exact) mass is 388 g/mol. The van der Waals surface area contributed by atoms with E-state index in [4.69, 9.17) is 9.47 Å². The second-order valence-corrected chi connectivity index (χ2v) is 6.88. The molecule has 0 radical (unpaired) electrons. The molecule has 0 atom stereocenters. The van der Waals surface area contributed by atoms with Crippen molar-refractivity contribution in [2.45, 2.75) is 19.9 Å². The van der Waals surface area contributed by atoms with Crippen LogP contribution in [0.25, 0.3) is 10.2 Å². The Balaban J connectivity index is 1.94. The number of thiazole rings is 1. The van der Waals surface area contributed by atoms with Gasteiger partial charge in [-0.15, -0.1) is 0 Å². The average molecular weight is 388 g/mol. The van der Waals surface area contributed by atoms with Crippen LogP contribution in [0, 0.1) is 5.82 Å². The van der Waals surface area contributed by atoms with Gasteiger partial charge in [-0.2, -0.15) is 4.99 Å². The number of aromatic nitrogens is 1. The first-order valence-electron chi connectivity index (χ1n) is 8.68. The van der Waals surface area contributed by atoms with E-state index < -0.39 is 0 Å². The van der Waals surface area contributed by atoms with Crippen LogP contribution in [0.15, 0.2) is 47.5 Å². The van der Waals surface area contributed by atoms with Crippen molar-refractivity contribution in [3.05, 3.63) is 58.6 Å². The molecule has 27 heavy (non-hydrogen) atoms. The van der Waals surface area contributed by atoms with Gasteiger partial charge in [0.1, 0.15) is 11.6 Å². The zero-order valence-electron chi connectivity index (χ0n) is 15.3. The number of carbonyl (C=O) groups is 1. The van der Waals surface area contributed by atoms with E-state index in [1.807, 2.05) is 29.7 Å². The molecule has 0 spiro atoms. The van der Waals surface area contributed by atoms with Crippen molar-refractivity contribution in [1.29, 1.82) is 0 Å². The lowest BCUT2D eigenvalue weighted by molar-refractivity contribution is -0.117. The van der Waals surface area contributed by atoms with E-state index in [0.717, 1.165) is 21.5 Å². The van der Waals surface area contributed by atoms with Crippen LogP contribution in [0.1, 0.15) is 12.5 Å². The van der Waals surface area contributed by atoms with E-state index in [9.17, 15) is 9.18 Å². The van der Waals surface area contributed by atoms with E-state index in [1.54, 1.807) is 19.2 Å². The van der Waals surface area contributed by atoms with Crippen molar-refractivity contribution in [2.75, 3.05) is 20.3 Å². The number of hydrogen-bond donors (Lipinski definition) is 0. The third-order valence-electron chi connectivity index (χ3n) is 4.04. The Kier molecular flexibility index (Phi) is 6.36. The Morgan fingerprint density at radius 2 is 2.00 bits per heavy atom. The van der Waals surface area contributed by atoms with Crippen LogP contribution >= 0.6 is 11.3 Å². The Morgan fingerprint density at radius 1 is 1.22 bits per heavy atom. The fourth-order valence-electron chi connectivity index (χ4n) is 2.71. The summed E-state index contributed by atoms with van der Waals surface area (Å²) in [7, 11) is 1.62. The van der Waals surface area contributed by atoms with Crippen molar-refractivity contribution in [3.63, 3.8) is 0 Å². The molecule has 0 fully saturated rings. The van der Waals surface area contributed by atoms with Gasteiger partial charge in [0.05, 0.1) is 30.4 Å². The highest BCUT2D eigenvalue weighted by atomic mass is 32.1. The van der Waals surface area contributed by atoms with E-state index >= 15 is 0 Å². The summed E-state index contributed by atoms with van der Waals surface area (Å²) in [5.74, 6) is 0.158. The predicted octanol–water partition coefficient (Wildman–Crippen LogP) is 3.56. The molecule has 0 aliphatic carbocycles. The van der Waals surface area contributed by atoms with Gasteiger partial charge < -0.3 is 14.0 Å². The smallest absolute Gasteiger partial charge is 0.252 e. The van der Waals surface area contributed by atoms with Crippen LogP contribution in [0.5, 0.6) is 5.75 Å². The van der Waals surface area contributed by atoms with E-state index in [0.29, 0.717) is 24.6 Å². The highest BCUT2D eigenvalue weighted by molar-refractivity contribution is 7.16. The molecule has 7 heteroatoms. The van der Waals surface area contributed by atoms with E-state index in [2.05, 4.69) is 4.99 Å². The first-order chi connectivity index (χ1) is 13.1. The second kappa shape index (κ2) is 8.92. The van der Waals surface area contributed by atoms with Crippen LogP contribution in [0.2, 0.25) is 0 Å². The fourth-order valence-corrected chi connectivity index (χ4v) is 3.81. The van der Waals surface area contributed by atoms with Crippen molar-refractivity contribution in [3.8, 4) is 5.75 Å². The Bertz CT molecular complexity index is 993. The summed E-state index contributed by atoms with van der Waals surface area (Å²) < 4.78 is 26.7. The maximum atomic E-state index is 13.0. The molecule has 0 bridgehead atoms. The van der Waals surface area contributed by atoms with Gasteiger partial charge in [-0.1, -0.05) is 23.5 Å². The number of rotatable bonds is 7. The summed E-state index contributed by atoms with van der Waals surface area (Å²) in [6.45, 7) is 3.71. The summed E-state index contributed by atoms with van der Waals surface area (Å²) in [5, 5.41) is 0. The Labute approximate surface area is 160 Å². The van der Waals surface area contributed by atoms with Crippen molar-refractivity contribution in [1.82, 2.24) is 4.57 Å². The van der Waals surface area contributed by atoms with Crippen molar-refractivity contribution < 1.29 is 18.7 Å². The first-order valence-corrected chi connectivity index (χ1v) is 9.49. The van der Waals surface area contributed by atoms with Crippen LogP contribution < -0.4 is 9.54 Å². The maximum Gasteiger partial charge on any atom is 0.252 e. The first kappa shape index (κ1) is 19.3. The van der Waals surface area contributed by atoms with Gasteiger partial charge in [-0.25, -0.2) is 4.39 Å². The van der Waals surface area contributed by atoms with Crippen molar-refractivity contribution >= 4 is 27.5 Å². The molecule has 0 aliphatic heterocycles. The lowest BCUT2D eigenvalue weighted by Crippen LogP contribution is -2.20.